The molecule has 5 heteroatoms. The molecule has 0 radical (unpaired) electrons. The quantitative estimate of drug-likeness (QED) is 0.425. The maximum Gasteiger partial charge on any atom is 0.315 e. The second kappa shape index (κ2) is 6.56. The lowest BCUT2D eigenvalue weighted by Crippen LogP contribution is -2.38. The van der Waals surface area contributed by atoms with Crippen LogP contribution in [-0.2, 0) is 14.3 Å². The first-order valence-corrected chi connectivity index (χ1v) is 5.87. The molecule has 0 aromatic rings. The fraction of sp³-hybridized carbons (Fsp3) is 0.875. The molecule has 0 N–H and O–H groups in total. The van der Waals surface area contributed by atoms with Crippen molar-refractivity contribution in [2.45, 2.75) is 0 Å². The van der Waals surface area contributed by atoms with Gasteiger partial charge in [-0.05, 0) is 0 Å². The van der Waals surface area contributed by atoms with E-state index in [2.05, 4.69) is 4.90 Å². The van der Waals surface area contributed by atoms with Gasteiger partial charge in [0.05, 0.1) is 17.6 Å². The van der Waals surface area contributed by atoms with Crippen LogP contribution in [0.25, 0.3) is 0 Å². The van der Waals surface area contributed by atoms with E-state index in [-0.39, 0.29) is 5.97 Å². The topological polar surface area (TPSA) is 38.8 Å². The summed E-state index contributed by atoms with van der Waals surface area (Å²) in [4.78, 5) is 13.0. The molecule has 0 unspecified atom stereocenters. The summed E-state index contributed by atoms with van der Waals surface area (Å²) in [5, 5.41) is 0. The predicted molar refractivity (Wildman–Crippen MR) is 57.1 cm³/mol. The van der Waals surface area contributed by atoms with E-state index >= 15 is 0 Å². The molecule has 1 fully saturated rings. The number of rotatable bonds is 4. The Bertz CT molecular complexity index is 159. The first kappa shape index (κ1) is 11.2. The fourth-order valence-corrected chi connectivity index (χ4v) is 1.37. The van der Waals surface area contributed by atoms with E-state index in [1.807, 2.05) is 22.6 Å². The maximum absolute atomic E-state index is 10.8. The van der Waals surface area contributed by atoms with Crippen molar-refractivity contribution in [3.05, 3.63) is 0 Å². The lowest BCUT2D eigenvalue weighted by atomic mass is 10.4. The van der Waals surface area contributed by atoms with Crippen LogP contribution in [0, 0.1) is 0 Å². The summed E-state index contributed by atoms with van der Waals surface area (Å²) in [6.45, 7) is 4.80. The van der Waals surface area contributed by atoms with Crippen LogP contribution in [0.2, 0.25) is 0 Å². The third-order valence-corrected chi connectivity index (χ3v) is 2.51. The van der Waals surface area contributed by atoms with Gasteiger partial charge in [-0.25, -0.2) is 0 Å². The Morgan fingerprint density at radius 3 is 2.77 bits per heavy atom. The number of morpholine rings is 1. The SMILES string of the molecule is O=C(CI)OCCN1CCOCC1. The summed E-state index contributed by atoms with van der Waals surface area (Å²) in [6, 6.07) is 0. The first-order valence-electron chi connectivity index (χ1n) is 4.34. The molecule has 0 amide bonds. The summed E-state index contributed by atoms with van der Waals surface area (Å²) in [7, 11) is 0. The van der Waals surface area contributed by atoms with Crippen LogP contribution in [0.5, 0.6) is 0 Å². The largest absolute Gasteiger partial charge is 0.464 e. The minimum atomic E-state index is -0.131. The Kier molecular flexibility index (Phi) is 5.65. The van der Waals surface area contributed by atoms with E-state index in [0.29, 0.717) is 11.0 Å². The van der Waals surface area contributed by atoms with Crippen molar-refractivity contribution < 1.29 is 14.3 Å². The van der Waals surface area contributed by atoms with E-state index in [1.54, 1.807) is 0 Å². The third-order valence-electron chi connectivity index (χ3n) is 1.88. The third kappa shape index (κ3) is 4.78. The lowest BCUT2D eigenvalue weighted by molar-refractivity contribution is -0.140. The average molecular weight is 299 g/mol. The lowest BCUT2D eigenvalue weighted by Gasteiger charge is -2.26. The van der Waals surface area contributed by atoms with Crippen LogP contribution >= 0.6 is 22.6 Å². The minimum absolute atomic E-state index is 0.131. The number of hydrogen-bond donors (Lipinski definition) is 0. The van der Waals surface area contributed by atoms with Gasteiger partial charge in [0, 0.05) is 19.6 Å². The summed E-state index contributed by atoms with van der Waals surface area (Å²) < 4.78 is 10.6. The molecule has 1 heterocycles. The molecule has 4 nitrogen and oxygen atoms in total. The van der Waals surface area contributed by atoms with Gasteiger partial charge in [-0.1, -0.05) is 22.6 Å². The van der Waals surface area contributed by atoms with E-state index in [4.69, 9.17) is 9.47 Å². The van der Waals surface area contributed by atoms with Crippen LogP contribution in [0.1, 0.15) is 0 Å². The Morgan fingerprint density at radius 1 is 1.46 bits per heavy atom. The normalized spacial score (nSPS) is 18.5. The zero-order valence-electron chi connectivity index (χ0n) is 7.50. The molecule has 0 aromatic carbocycles. The molecule has 76 valence electrons. The summed E-state index contributed by atoms with van der Waals surface area (Å²) >= 11 is 2.00. The van der Waals surface area contributed by atoms with E-state index in [1.165, 1.54) is 0 Å². The number of alkyl halides is 1. The number of hydrogen-bond acceptors (Lipinski definition) is 4. The van der Waals surface area contributed by atoms with Crippen molar-refractivity contribution in [3.63, 3.8) is 0 Å². The molecule has 13 heavy (non-hydrogen) atoms. The zero-order chi connectivity index (χ0) is 9.52. The molecule has 1 saturated heterocycles. The van der Waals surface area contributed by atoms with Gasteiger partial charge in [0.15, 0.2) is 0 Å². The Balaban J connectivity index is 2.01. The molecule has 0 atom stereocenters. The minimum Gasteiger partial charge on any atom is -0.464 e. The summed E-state index contributed by atoms with van der Waals surface area (Å²) in [5.41, 5.74) is 0. The first-order chi connectivity index (χ1) is 6.33. The number of halogens is 1. The molecule has 0 bridgehead atoms. The molecule has 0 spiro atoms. The van der Waals surface area contributed by atoms with Crippen LogP contribution in [0.3, 0.4) is 0 Å². The van der Waals surface area contributed by atoms with Gasteiger partial charge >= 0.3 is 5.97 Å². The molecular weight excluding hydrogens is 285 g/mol. The van der Waals surface area contributed by atoms with Crippen molar-refractivity contribution in [3.8, 4) is 0 Å². The van der Waals surface area contributed by atoms with E-state index in [9.17, 15) is 4.79 Å². The highest BCUT2D eigenvalue weighted by Gasteiger charge is 2.10. The Labute approximate surface area is 91.7 Å². The second-order valence-electron chi connectivity index (χ2n) is 2.81. The van der Waals surface area contributed by atoms with Crippen LogP contribution < -0.4 is 0 Å². The van der Waals surface area contributed by atoms with Gasteiger partial charge in [0.2, 0.25) is 0 Å². The van der Waals surface area contributed by atoms with Gasteiger partial charge in [0.25, 0.3) is 0 Å². The molecule has 1 aliphatic heterocycles. The van der Waals surface area contributed by atoms with E-state index in [0.717, 1.165) is 32.8 Å². The van der Waals surface area contributed by atoms with Crippen LogP contribution in [0.15, 0.2) is 0 Å². The van der Waals surface area contributed by atoms with Crippen molar-refractivity contribution in [2.24, 2.45) is 0 Å². The van der Waals surface area contributed by atoms with E-state index < -0.39 is 0 Å². The number of ether oxygens (including phenoxy) is 2. The highest BCUT2D eigenvalue weighted by molar-refractivity contribution is 14.1. The van der Waals surface area contributed by atoms with Gasteiger partial charge in [0.1, 0.15) is 6.61 Å². The molecule has 0 aromatic heterocycles. The van der Waals surface area contributed by atoms with Gasteiger partial charge < -0.3 is 9.47 Å². The molecule has 1 aliphatic rings. The standard InChI is InChI=1S/C8H14INO3/c9-7-8(11)13-6-3-10-1-4-12-5-2-10/h1-7H2. The van der Waals surface area contributed by atoms with Gasteiger partial charge in [-0.3, -0.25) is 9.69 Å². The predicted octanol–water partition coefficient (Wildman–Crippen LogP) is 0.297. The van der Waals surface area contributed by atoms with Crippen molar-refractivity contribution in [2.75, 3.05) is 43.9 Å². The van der Waals surface area contributed by atoms with Crippen molar-refractivity contribution in [1.82, 2.24) is 4.90 Å². The Hall–Kier alpha value is 0.120. The number of carbonyl (C=O) groups is 1. The number of nitrogens with zero attached hydrogens (tertiary/aromatic N) is 1. The smallest absolute Gasteiger partial charge is 0.315 e. The van der Waals surface area contributed by atoms with Gasteiger partial charge in [-0.2, -0.15) is 0 Å². The highest BCUT2D eigenvalue weighted by Crippen LogP contribution is 1.96. The zero-order valence-corrected chi connectivity index (χ0v) is 9.66. The second-order valence-corrected chi connectivity index (χ2v) is 3.57. The molecule has 0 aliphatic carbocycles. The van der Waals surface area contributed by atoms with Crippen molar-refractivity contribution in [1.29, 1.82) is 0 Å². The summed E-state index contributed by atoms with van der Waals surface area (Å²) in [6.07, 6.45) is 0. The molecular formula is C8H14INO3. The molecule has 1 rings (SSSR count). The average Bonchev–Trinajstić information content (AvgIpc) is 2.19. The highest BCUT2D eigenvalue weighted by atomic mass is 127. The van der Waals surface area contributed by atoms with Gasteiger partial charge in [-0.15, -0.1) is 0 Å². The van der Waals surface area contributed by atoms with Crippen LogP contribution in [0.4, 0.5) is 0 Å². The molecule has 0 saturated carbocycles. The summed E-state index contributed by atoms with van der Waals surface area (Å²) in [5.74, 6) is -0.131. The fourth-order valence-electron chi connectivity index (χ4n) is 1.15. The Morgan fingerprint density at radius 2 is 2.15 bits per heavy atom. The monoisotopic (exact) mass is 299 g/mol. The van der Waals surface area contributed by atoms with Crippen molar-refractivity contribution >= 4 is 28.6 Å². The maximum atomic E-state index is 10.8. The van der Waals surface area contributed by atoms with Crippen LogP contribution in [-0.4, -0.2) is 54.8 Å². The number of carbonyl (C=O) groups excluding carboxylic acids is 1. The number of esters is 1.